The lowest BCUT2D eigenvalue weighted by Gasteiger charge is -2.22. The van der Waals surface area contributed by atoms with E-state index in [9.17, 15) is 9.59 Å². The molecule has 1 atom stereocenters. The topological polar surface area (TPSA) is 67.9 Å². The second kappa shape index (κ2) is 9.65. The molecule has 1 saturated carbocycles. The van der Waals surface area contributed by atoms with E-state index < -0.39 is 12.2 Å². The van der Waals surface area contributed by atoms with Gasteiger partial charge in [0.1, 0.15) is 12.7 Å². The Labute approximate surface area is 177 Å². The number of hydrogen-bond donors (Lipinski definition) is 1. The molecule has 30 heavy (non-hydrogen) atoms. The van der Waals surface area contributed by atoms with Crippen molar-refractivity contribution in [2.24, 2.45) is 0 Å². The molecule has 0 spiro atoms. The average molecular weight is 408 g/mol. The molecule has 0 bridgehead atoms. The predicted octanol–water partition coefficient (Wildman–Crippen LogP) is 4.99. The van der Waals surface area contributed by atoms with Crippen molar-refractivity contribution in [2.45, 2.75) is 50.7 Å². The fourth-order valence-electron chi connectivity index (χ4n) is 4.17. The van der Waals surface area contributed by atoms with E-state index >= 15 is 0 Å². The van der Waals surface area contributed by atoms with Crippen molar-refractivity contribution >= 4 is 17.9 Å². The van der Waals surface area contributed by atoms with Gasteiger partial charge in [0.05, 0.1) is 13.1 Å². The fourth-order valence-corrected chi connectivity index (χ4v) is 4.17. The van der Waals surface area contributed by atoms with E-state index in [1.54, 1.807) is 4.90 Å². The maximum Gasteiger partial charge on any atom is 0.414 e. The number of alkyl carbamates (subject to hydrolysis) is 1. The van der Waals surface area contributed by atoms with Gasteiger partial charge in [-0.3, -0.25) is 4.90 Å². The van der Waals surface area contributed by atoms with Gasteiger partial charge >= 0.3 is 12.2 Å². The number of amides is 2. The Bertz CT molecular complexity index is 847. The number of carbonyl (C=O) groups is 2. The highest BCUT2D eigenvalue weighted by molar-refractivity contribution is 5.89. The quantitative estimate of drug-likeness (QED) is 0.731. The van der Waals surface area contributed by atoms with Gasteiger partial charge in [-0.25, -0.2) is 9.59 Å². The lowest BCUT2D eigenvalue weighted by Crippen LogP contribution is -2.34. The maximum absolute atomic E-state index is 12.3. The van der Waals surface area contributed by atoms with Gasteiger partial charge in [-0.05, 0) is 42.0 Å². The normalized spacial score (nSPS) is 19.4. The molecule has 4 rings (SSSR count). The van der Waals surface area contributed by atoms with Crippen LogP contribution in [0.4, 0.5) is 15.3 Å². The molecule has 6 heteroatoms. The van der Waals surface area contributed by atoms with Gasteiger partial charge in [0.25, 0.3) is 0 Å². The molecule has 1 saturated heterocycles. The number of nitrogens with one attached hydrogen (secondary N) is 1. The Morgan fingerprint density at radius 2 is 1.77 bits per heavy atom. The first-order valence-corrected chi connectivity index (χ1v) is 10.7. The van der Waals surface area contributed by atoms with E-state index in [1.165, 1.54) is 37.7 Å². The summed E-state index contributed by atoms with van der Waals surface area (Å²) in [5.41, 5.74) is 3.10. The highest BCUT2D eigenvalue weighted by Crippen LogP contribution is 2.33. The number of anilines is 1. The average Bonchev–Trinajstić information content (AvgIpc) is 3.18. The summed E-state index contributed by atoms with van der Waals surface area (Å²) >= 11 is 0. The van der Waals surface area contributed by atoms with Crippen LogP contribution in [0.5, 0.6) is 0 Å². The molecule has 1 heterocycles. The van der Waals surface area contributed by atoms with Gasteiger partial charge < -0.3 is 14.8 Å². The van der Waals surface area contributed by atoms with Crippen molar-refractivity contribution in [2.75, 3.05) is 18.0 Å². The molecule has 2 amide bonds. The third kappa shape index (κ3) is 5.12. The zero-order chi connectivity index (χ0) is 20.8. The molecule has 1 N–H and O–H groups in total. The summed E-state index contributed by atoms with van der Waals surface area (Å²) in [4.78, 5) is 25.8. The zero-order valence-electron chi connectivity index (χ0n) is 17.1. The van der Waals surface area contributed by atoms with E-state index in [2.05, 4.69) is 17.4 Å². The minimum Gasteiger partial charge on any atom is -0.445 e. The van der Waals surface area contributed by atoms with E-state index in [-0.39, 0.29) is 19.2 Å². The number of ether oxygens (including phenoxy) is 2. The summed E-state index contributed by atoms with van der Waals surface area (Å²) in [5.74, 6) is 0.636. The monoisotopic (exact) mass is 408 g/mol. The number of cyclic esters (lactones) is 1. The van der Waals surface area contributed by atoms with Gasteiger partial charge in [-0.2, -0.15) is 0 Å². The molecule has 0 radical (unpaired) electrons. The largest absolute Gasteiger partial charge is 0.445 e. The lowest BCUT2D eigenvalue weighted by atomic mass is 9.84. The van der Waals surface area contributed by atoms with Crippen molar-refractivity contribution in [3.63, 3.8) is 0 Å². The Morgan fingerprint density at radius 3 is 2.50 bits per heavy atom. The highest BCUT2D eigenvalue weighted by atomic mass is 16.6. The Hall–Kier alpha value is -3.02. The second-order valence-electron chi connectivity index (χ2n) is 7.99. The van der Waals surface area contributed by atoms with Crippen LogP contribution in [0.1, 0.15) is 49.1 Å². The summed E-state index contributed by atoms with van der Waals surface area (Å²) in [6.07, 6.45) is 5.12. The summed E-state index contributed by atoms with van der Waals surface area (Å²) in [7, 11) is 0. The first-order chi connectivity index (χ1) is 14.7. The second-order valence-corrected chi connectivity index (χ2v) is 7.99. The summed E-state index contributed by atoms with van der Waals surface area (Å²) in [6.45, 7) is 0.827. The van der Waals surface area contributed by atoms with Crippen molar-refractivity contribution < 1.29 is 19.1 Å². The zero-order valence-corrected chi connectivity index (χ0v) is 17.1. The number of nitrogens with zero attached hydrogens (tertiary/aromatic N) is 1. The van der Waals surface area contributed by atoms with Gasteiger partial charge in [-0.1, -0.05) is 61.7 Å². The Balaban J connectivity index is 1.25. The van der Waals surface area contributed by atoms with E-state index in [0.29, 0.717) is 12.5 Å². The Morgan fingerprint density at radius 1 is 1.03 bits per heavy atom. The standard InChI is InChI=1S/C24H28N2O4/c27-23(29-17-18-7-3-1-4-8-18)25-15-22-16-26(24(28)30-22)21-13-11-20(12-14-21)19-9-5-2-6-10-19/h1,3-4,7-8,11-14,19,22H,2,5-6,9-10,15-17H2,(H,25,27)/t22-/m0/s1. The van der Waals surface area contributed by atoms with Crippen molar-refractivity contribution in [3.8, 4) is 0 Å². The molecule has 2 aromatic rings. The molecule has 0 aromatic heterocycles. The summed E-state index contributed by atoms with van der Waals surface area (Å²) in [6, 6.07) is 17.7. The van der Waals surface area contributed by atoms with Crippen LogP contribution in [0, 0.1) is 0 Å². The molecule has 1 aliphatic heterocycles. The molecule has 158 valence electrons. The third-order valence-electron chi connectivity index (χ3n) is 5.84. The molecule has 1 aliphatic carbocycles. The van der Waals surface area contributed by atoms with Gasteiger partial charge in [0, 0.05) is 5.69 Å². The third-order valence-corrected chi connectivity index (χ3v) is 5.84. The number of hydrogen-bond acceptors (Lipinski definition) is 4. The van der Waals surface area contributed by atoms with Crippen LogP contribution < -0.4 is 10.2 Å². The van der Waals surface area contributed by atoms with Gasteiger partial charge in [0.15, 0.2) is 0 Å². The molecular weight excluding hydrogens is 380 g/mol. The van der Waals surface area contributed by atoms with Crippen molar-refractivity contribution in [3.05, 3.63) is 65.7 Å². The smallest absolute Gasteiger partial charge is 0.414 e. The van der Waals surface area contributed by atoms with Crippen LogP contribution in [-0.2, 0) is 16.1 Å². The Kier molecular flexibility index (Phi) is 6.52. The van der Waals surface area contributed by atoms with Crippen molar-refractivity contribution in [1.29, 1.82) is 0 Å². The van der Waals surface area contributed by atoms with Crippen LogP contribution in [-0.4, -0.2) is 31.4 Å². The highest BCUT2D eigenvalue weighted by Gasteiger charge is 2.32. The number of rotatable bonds is 6. The van der Waals surface area contributed by atoms with E-state index in [4.69, 9.17) is 9.47 Å². The molecule has 6 nitrogen and oxygen atoms in total. The fraction of sp³-hybridized carbons (Fsp3) is 0.417. The molecule has 0 unspecified atom stereocenters. The maximum atomic E-state index is 12.3. The molecule has 2 fully saturated rings. The van der Waals surface area contributed by atoms with E-state index in [1.807, 2.05) is 42.5 Å². The first-order valence-electron chi connectivity index (χ1n) is 10.7. The van der Waals surface area contributed by atoms with Crippen LogP contribution >= 0.6 is 0 Å². The molecular formula is C24H28N2O4. The first kappa shape index (κ1) is 20.3. The van der Waals surface area contributed by atoms with Crippen LogP contribution in [0.2, 0.25) is 0 Å². The van der Waals surface area contributed by atoms with Crippen LogP contribution in [0.25, 0.3) is 0 Å². The number of carbonyl (C=O) groups excluding carboxylic acids is 2. The summed E-state index contributed by atoms with van der Waals surface area (Å²) < 4.78 is 10.6. The minimum atomic E-state index is -0.523. The van der Waals surface area contributed by atoms with E-state index in [0.717, 1.165) is 11.3 Å². The van der Waals surface area contributed by atoms with Gasteiger partial charge in [0.2, 0.25) is 0 Å². The molecule has 2 aromatic carbocycles. The van der Waals surface area contributed by atoms with Crippen LogP contribution in [0.15, 0.2) is 54.6 Å². The minimum absolute atomic E-state index is 0.205. The predicted molar refractivity (Wildman–Crippen MR) is 115 cm³/mol. The summed E-state index contributed by atoms with van der Waals surface area (Å²) in [5, 5.41) is 2.67. The lowest BCUT2D eigenvalue weighted by molar-refractivity contribution is 0.121. The van der Waals surface area contributed by atoms with Crippen LogP contribution in [0.3, 0.4) is 0 Å². The SMILES string of the molecule is O=C(NC[C@H]1CN(c2ccc(C3CCCCC3)cc2)C(=O)O1)OCc1ccccc1. The van der Waals surface area contributed by atoms with Gasteiger partial charge in [-0.15, -0.1) is 0 Å². The molecule has 2 aliphatic rings. The van der Waals surface area contributed by atoms with Crippen molar-refractivity contribution in [1.82, 2.24) is 5.32 Å². The number of benzene rings is 2.